The van der Waals surface area contributed by atoms with E-state index in [9.17, 15) is 0 Å². The summed E-state index contributed by atoms with van der Waals surface area (Å²) < 4.78 is 0.672. The van der Waals surface area contributed by atoms with E-state index < -0.39 is 0 Å². The van der Waals surface area contributed by atoms with E-state index in [2.05, 4.69) is 74.6 Å². The Morgan fingerprint density at radius 2 is 1.61 bits per heavy atom. The molecule has 0 aliphatic heterocycles. The summed E-state index contributed by atoms with van der Waals surface area (Å²) >= 11 is 2.35. The van der Waals surface area contributed by atoms with Crippen LogP contribution in [0.5, 0.6) is 0 Å². The molecule has 0 aliphatic rings. The number of benzene rings is 1. The Balaban J connectivity index is 2.70. The van der Waals surface area contributed by atoms with Crippen LogP contribution in [0.4, 0.5) is 5.69 Å². The van der Waals surface area contributed by atoms with Gasteiger partial charge in [0.25, 0.3) is 0 Å². The van der Waals surface area contributed by atoms with Gasteiger partial charge in [0.2, 0.25) is 0 Å². The van der Waals surface area contributed by atoms with E-state index in [-0.39, 0.29) is 0 Å². The van der Waals surface area contributed by atoms with E-state index in [1.165, 1.54) is 24.1 Å². The number of anilines is 1. The molecule has 0 saturated heterocycles. The van der Waals surface area contributed by atoms with E-state index in [1.807, 2.05) is 0 Å². The molecule has 1 rings (SSSR count). The fraction of sp³-hybridized carbons (Fsp3) is 0.625. The van der Waals surface area contributed by atoms with Crippen LogP contribution in [-0.2, 0) is 0 Å². The van der Waals surface area contributed by atoms with E-state index in [0.717, 1.165) is 19.0 Å². The van der Waals surface area contributed by atoms with Crippen molar-refractivity contribution < 1.29 is 0 Å². The summed E-state index contributed by atoms with van der Waals surface area (Å²) in [6.07, 6.45) is 2.57. The Labute approximate surface area is 122 Å². The summed E-state index contributed by atoms with van der Waals surface area (Å²) in [7, 11) is 0. The van der Waals surface area contributed by atoms with Crippen molar-refractivity contribution >= 4 is 23.4 Å². The molecule has 2 heteroatoms. The van der Waals surface area contributed by atoms with Gasteiger partial charge in [-0.1, -0.05) is 0 Å². The second-order valence-corrected chi connectivity index (χ2v) is 5.41. The van der Waals surface area contributed by atoms with Gasteiger partial charge in [0.15, 0.2) is 0 Å². The molecule has 2 unspecified atom stereocenters. The van der Waals surface area contributed by atoms with Crippen molar-refractivity contribution in [2.75, 3.05) is 18.0 Å². The Morgan fingerprint density at radius 1 is 1.06 bits per heavy atom. The zero-order valence-corrected chi connectivity index (χ0v) is 12.7. The Morgan fingerprint density at radius 3 is 2.06 bits per heavy atom. The van der Waals surface area contributed by atoms with Crippen molar-refractivity contribution in [1.29, 1.82) is 0 Å². The van der Waals surface area contributed by atoms with Crippen LogP contribution in [0.1, 0.15) is 50.7 Å². The molecule has 0 N–H and O–H groups in total. The topological polar surface area (TPSA) is 3.24 Å². The van der Waals surface area contributed by atoms with Crippen LogP contribution >= 0.6 is 0 Å². The number of hydrogen-bond acceptors (Lipinski definition) is 1. The molecule has 0 aliphatic carbocycles. The summed E-state index contributed by atoms with van der Waals surface area (Å²) in [5.74, 6) is 0.822. The average molecular weight is 239 g/mol. The van der Waals surface area contributed by atoms with Crippen LogP contribution in [0, 0.1) is 5.92 Å². The third-order valence-corrected chi connectivity index (χ3v) is 4.04. The minimum absolute atomic E-state index is 0.672. The molecular weight excluding hydrogens is 213 g/mol. The minimum atomic E-state index is 0.672. The van der Waals surface area contributed by atoms with Gasteiger partial charge in [-0.25, -0.2) is 0 Å². The molecule has 0 saturated carbocycles. The van der Waals surface area contributed by atoms with E-state index in [0.29, 0.717) is 4.59 Å². The average Bonchev–Trinajstić information content (AvgIpc) is 2.40. The standard InChI is InChI=1S/C16H26N.Li/c1-5-14(4)8-9-15-10-12-16(13-11-15)17(6-2)7-3;/h9-14H,5-8H2,1-4H3;. The molecule has 1 aromatic rings. The second kappa shape index (κ2) is 7.92. The Kier molecular flexibility index (Phi) is 6.90. The van der Waals surface area contributed by atoms with Gasteiger partial charge in [-0.05, 0) is 0 Å². The molecule has 1 nitrogen and oxygen atoms in total. The molecule has 0 bridgehead atoms. The van der Waals surface area contributed by atoms with Gasteiger partial charge in [-0.15, -0.1) is 0 Å². The normalized spacial score (nSPS) is 14.3. The van der Waals surface area contributed by atoms with E-state index in [4.69, 9.17) is 0 Å². The summed E-state index contributed by atoms with van der Waals surface area (Å²) in [6, 6.07) is 9.16. The quantitative estimate of drug-likeness (QED) is 0.645. The predicted octanol–water partition coefficient (Wildman–Crippen LogP) is 4.18. The molecule has 0 spiro atoms. The molecule has 18 heavy (non-hydrogen) atoms. The van der Waals surface area contributed by atoms with Crippen LogP contribution in [0.2, 0.25) is 0 Å². The Bertz CT molecular complexity index is 329. The summed E-state index contributed by atoms with van der Waals surface area (Å²) in [4.78, 5) is 2.39. The molecule has 0 aromatic heterocycles. The van der Waals surface area contributed by atoms with Crippen molar-refractivity contribution in [3.8, 4) is 0 Å². The van der Waals surface area contributed by atoms with Crippen LogP contribution in [-0.4, -0.2) is 30.8 Å². The molecule has 0 radical (unpaired) electrons. The number of nitrogens with zero attached hydrogens (tertiary/aromatic N) is 1. The van der Waals surface area contributed by atoms with Crippen molar-refractivity contribution in [3.05, 3.63) is 29.8 Å². The maximum atomic E-state index is 2.39. The van der Waals surface area contributed by atoms with Crippen LogP contribution in [0.25, 0.3) is 0 Å². The molecule has 0 fully saturated rings. The molecule has 0 heterocycles. The third-order valence-electron chi connectivity index (χ3n) is 4.04. The SMILES string of the molecule is [Li][CH](CC(C)CC)c1ccc(N(CC)CC)cc1. The van der Waals surface area contributed by atoms with Gasteiger partial charge in [0, 0.05) is 0 Å². The molecule has 1 aromatic carbocycles. The van der Waals surface area contributed by atoms with Crippen LogP contribution < -0.4 is 4.90 Å². The Hall–Kier alpha value is -0.383. The molecule has 96 valence electrons. The first kappa shape index (κ1) is 15.7. The summed E-state index contributed by atoms with van der Waals surface area (Å²) in [5.41, 5.74) is 2.82. The first-order valence-corrected chi connectivity index (χ1v) is 7.47. The van der Waals surface area contributed by atoms with Crippen molar-refractivity contribution in [2.45, 2.75) is 45.1 Å². The third kappa shape index (κ3) is 4.38. The van der Waals surface area contributed by atoms with Crippen molar-refractivity contribution in [3.63, 3.8) is 0 Å². The number of hydrogen-bond donors (Lipinski definition) is 0. The van der Waals surface area contributed by atoms with E-state index in [1.54, 1.807) is 0 Å². The molecule has 2 atom stereocenters. The van der Waals surface area contributed by atoms with Gasteiger partial charge in [-0.2, -0.15) is 0 Å². The monoisotopic (exact) mass is 239 g/mol. The van der Waals surface area contributed by atoms with Gasteiger partial charge < -0.3 is 0 Å². The molecule has 0 amide bonds. The van der Waals surface area contributed by atoms with Gasteiger partial charge in [0.05, 0.1) is 0 Å². The van der Waals surface area contributed by atoms with E-state index >= 15 is 0 Å². The fourth-order valence-corrected chi connectivity index (χ4v) is 2.51. The second-order valence-electron chi connectivity index (χ2n) is 5.41. The zero-order valence-electron chi connectivity index (χ0n) is 12.7. The predicted molar refractivity (Wildman–Crippen MR) is 82.6 cm³/mol. The van der Waals surface area contributed by atoms with Gasteiger partial charge in [-0.3, -0.25) is 0 Å². The van der Waals surface area contributed by atoms with Gasteiger partial charge >= 0.3 is 122 Å². The van der Waals surface area contributed by atoms with Crippen LogP contribution in [0.3, 0.4) is 0 Å². The first-order valence-electron chi connectivity index (χ1n) is 7.47. The van der Waals surface area contributed by atoms with Crippen molar-refractivity contribution in [2.24, 2.45) is 5.92 Å². The van der Waals surface area contributed by atoms with Crippen molar-refractivity contribution in [1.82, 2.24) is 0 Å². The fourth-order valence-electron chi connectivity index (χ4n) is 2.51. The number of rotatable bonds is 7. The molecular formula is C16H26LiN. The maximum absolute atomic E-state index is 2.39. The van der Waals surface area contributed by atoms with Crippen LogP contribution in [0.15, 0.2) is 24.3 Å². The summed E-state index contributed by atoms with van der Waals surface area (Å²) in [5, 5.41) is 0. The zero-order chi connectivity index (χ0) is 13.5. The first-order chi connectivity index (χ1) is 8.62. The summed E-state index contributed by atoms with van der Waals surface area (Å²) in [6.45, 7) is 11.2. The van der Waals surface area contributed by atoms with Gasteiger partial charge in [0.1, 0.15) is 0 Å².